The van der Waals surface area contributed by atoms with E-state index < -0.39 is 0 Å². The molecule has 0 aromatic carbocycles. The van der Waals surface area contributed by atoms with Gasteiger partial charge < -0.3 is 9.30 Å². The molecule has 0 unspecified atom stereocenters. The molecule has 0 N–H and O–H groups in total. The van der Waals surface area contributed by atoms with Gasteiger partial charge in [-0.2, -0.15) is 5.10 Å². The maximum atomic E-state index is 5.62. The Morgan fingerprint density at radius 1 is 1.41 bits per heavy atom. The van der Waals surface area contributed by atoms with Crippen molar-refractivity contribution in [3.8, 4) is 5.75 Å². The lowest BCUT2D eigenvalue weighted by molar-refractivity contribution is 0.301. The zero-order valence-electron chi connectivity index (χ0n) is 10.3. The lowest BCUT2D eigenvalue weighted by Crippen LogP contribution is -2.03. The van der Waals surface area contributed by atoms with E-state index in [0.29, 0.717) is 12.6 Å². The molecule has 0 aliphatic heterocycles. The Kier molecular flexibility index (Phi) is 3.80. The predicted octanol–water partition coefficient (Wildman–Crippen LogP) is 2.13. The summed E-state index contributed by atoms with van der Waals surface area (Å²) in [6.45, 7) is 5.81. The van der Waals surface area contributed by atoms with Crippen LogP contribution in [0.4, 0.5) is 0 Å². The number of hydrogen-bond donors (Lipinski definition) is 0. The van der Waals surface area contributed by atoms with E-state index in [1.165, 1.54) is 0 Å². The van der Waals surface area contributed by atoms with Crippen molar-refractivity contribution < 1.29 is 4.74 Å². The molecule has 0 radical (unpaired) electrons. The predicted molar refractivity (Wildman–Crippen MR) is 65.0 cm³/mol. The highest BCUT2D eigenvalue weighted by molar-refractivity contribution is 5.11. The first kappa shape index (κ1) is 11.7. The Labute approximate surface area is 101 Å². The van der Waals surface area contributed by atoms with Gasteiger partial charge in [0.05, 0.1) is 25.3 Å². The smallest absolute Gasteiger partial charge is 0.157 e. The molecule has 0 bridgehead atoms. The van der Waals surface area contributed by atoms with Crippen molar-refractivity contribution in [3.05, 3.63) is 31.1 Å². The lowest BCUT2D eigenvalue weighted by atomic mass is 10.4. The van der Waals surface area contributed by atoms with Crippen LogP contribution < -0.4 is 4.74 Å². The normalized spacial score (nSPS) is 11.0. The minimum atomic E-state index is 0.373. The molecule has 92 valence electrons. The molecule has 0 aliphatic rings. The molecule has 0 atom stereocenters. The molecule has 5 nitrogen and oxygen atoms in total. The Morgan fingerprint density at radius 3 is 2.94 bits per heavy atom. The number of ether oxygens (including phenoxy) is 1. The van der Waals surface area contributed by atoms with E-state index in [4.69, 9.17) is 4.74 Å². The molecule has 17 heavy (non-hydrogen) atoms. The summed E-state index contributed by atoms with van der Waals surface area (Å²) < 4.78 is 9.55. The molecule has 2 heterocycles. The maximum Gasteiger partial charge on any atom is 0.157 e. The first-order valence-corrected chi connectivity index (χ1v) is 5.88. The molecule has 0 amide bonds. The summed E-state index contributed by atoms with van der Waals surface area (Å²) in [7, 11) is 0. The molecule has 0 fully saturated rings. The van der Waals surface area contributed by atoms with Gasteiger partial charge in [-0.05, 0) is 20.3 Å². The van der Waals surface area contributed by atoms with E-state index in [1.54, 1.807) is 12.4 Å². The Morgan fingerprint density at radius 2 is 2.29 bits per heavy atom. The van der Waals surface area contributed by atoms with Crippen molar-refractivity contribution in [1.29, 1.82) is 0 Å². The van der Waals surface area contributed by atoms with Crippen LogP contribution in [0.25, 0.3) is 0 Å². The maximum absolute atomic E-state index is 5.62. The molecule has 2 aromatic rings. The fourth-order valence-electron chi connectivity index (χ4n) is 1.53. The highest BCUT2D eigenvalue weighted by Crippen LogP contribution is 2.12. The van der Waals surface area contributed by atoms with Gasteiger partial charge in [0.25, 0.3) is 0 Å². The van der Waals surface area contributed by atoms with Crippen LogP contribution in [0.5, 0.6) is 5.75 Å². The largest absolute Gasteiger partial charge is 0.490 e. The van der Waals surface area contributed by atoms with Crippen LogP contribution in [0, 0.1) is 0 Å². The van der Waals surface area contributed by atoms with Crippen LogP contribution in [0.2, 0.25) is 0 Å². The van der Waals surface area contributed by atoms with Crippen LogP contribution in [-0.2, 0) is 6.54 Å². The Balaban J connectivity index is 1.71. The molecular formula is C12H18N4O. The van der Waals surface area contributed by atoms with Gasteiger partial charge in [0.1, 0.15) is 0 Å². The zero-order valence-corrected chi connectivity index (χ0v) is 10.3. The molecule has 2 aromatic heterocycles. The van der Waals surface area contributed by atoms with Crippen molar-refractivity contribution in [1.82, 2.24) is 19.3 Å². The summed E-state index contributed by atoms with van der Waals surface area (Å²) in [5.41, 5.74) is 0. The SMILES string of the molecule is CC(C)n1cc(OCCCn2ccnc2)cn1. The van der Waals surface area contributed by atoms with Gasteiger partial charge in [-0.1, -0.05) is 0 Å². The van der Waals surface area contributed by atoms with E-state index in [1.807, 2.05) is 28.0 Å². The highest BCUT2D eigenvalue weighted by Gasteiger charge is 2.01. The first-order valence-electron chi connectivity index (χ1n) is 5.88. The average molecular weight is 234 g/mol. The number of aromatic nitrogens is 4. The molecule has 0 saturated heterocycles. The van der Waals surface area contributed by atoms with E-state index >= 15 is 0 Å². The summed E-state index contributed by atoms with van der Waals surface area (Å²) in [4.78, 5) is 3.99. The van der Waals surface area contributed by atoms with Gasteiger partial charge in [-0.3, -0.25) is 4.68 Å². The van der Waals surface area contributed by atoms with Crippen LogP contribution in [0.15, 0.2) is 31.1 Å². The average Bonchev–Trinajstić information content (AvgIpc) is 2.96. The van der Waals surface area contributed by atoms with Crippen LogP contribution >= 0.6 is 0 Å². The second-order valence-electron chi connectivity index (χ2n) is 4.25. The topological polar surface area (TPSA) is 44.9 Å². The fraction of sp³-hybridized carbons (Fsp3) is 0.500. The highest BCUT2D eigenvalue weighted by atomic mass is 16.5. The van der Waals surface area contributed by atoms with Crippen molar-refractivity contribution in [2.45, 2.75) is 32.9 Å². The van der Waals surface area contributed by atoms with E-state index in [2.05, 4.69) is 23.9 Å². The monoisotopic (exact) mass is 234 g/mol. The number of imidazole rings is 1. The van der Waals surface area contributed by atoms with Crippen LogP contribution in [0.3, 0.4) is 0 Å². The van der Waals surface area contributed by atoms with Gasteiger partial charge >= 0.3 is 0 Å². The second-order valence-corrected chi connectivity index (χ2v) is 4.25. The van der Waals surface area contributed by atoms with Gasteiger partial charge in [0.15, 0.2) is 5.75 Å². The van der Waals surface area contributed by atoms with Gasteiger partial charge in [-0.15, -0.1) is 0 Å². The standard InChI is InChI=1S/C12H18N4O/c1-11(2)16-9-12(8-14-16)17-7-3-5-15-6-4-13-10-15/h4,6,8-11H,3,5,7H2,1-2H3. The molecule has 2 rings (SSSR count). The van der Waals surface area contributed by atoms with Crippen molar-refractivity contribution in [2.75, 3.05) is 6.61 Å². The molecular weight excluding hydrogens is 216 g/mol. The van der Waals surface area contributed by atoms with Crippen LogP contribution in [-0.4, -0.2) is 25.9 Å². The van der Waals surface area contributed by atoms with E-state index in [-0.39, 0.29) is 0 Å². The fourth-order valence-corrected chi connectivity index (χ4v) is 1.53. The molecule has 0 aliphatic carbocycles. The first-order chi connectivity index (χ1) is 8.25. The lowest BCUT2D eigenvalue weighted by Gasteiger charge is -2.05. The minimum Gasteiger partial charge on any atom is -0.490 e. The quantitative estimate of drug-likeness (QED) is 0.719. The minimum absolute atomic E-state index is 0.373. The second kappa shape index (κ2) is 5.52. The summed E-state index contributed by atoms with van der Waals surface area (Å²) >= 11 is 0. The number of rotatable bonds is 6. The zero-order chi connectivity index (χ0) is 12.1. The summed E-state index contributed by atoms with van der Waals surface area (Å²) in [5, 5.41) is 4.22. The third kappa shape index (κ3) is 3.34. The molecule has 0 saturated carbocycles. The third-order valence-corrected chi connectivity index (χ3v) is 2.50. The Bertz CT molecular complexity index is 433. The molecule has 5 heteroatoms. The summed E-state index contributed by atoms with van der Waals surface area (Å²) in [5.74, 6) is 0.837. The van der Waals surface area contributed by atoms with Crippen LogP contribution in [0.1, 0.15) is 26.3 Å². The van der Waals surface area contributed by atoms with Crippen molar-refractivity contribution in [2.24, 2.45) is 0 Å². The number of nitrogens with zero attached hydrogens (tertiary/aromatic N) is 4. The molecule has 0 spiro atoms. The van der Waals surface area contributed by atoms with Crippen molar-refractivity contribution in [3.63, 3.8) is 0 Å². The van der Waals surface area contributed by atoms with Gasteiger partial charge in [-0.25, -0.2) is 4.98 Å². The number of aryl methyl sites for hydroxylation is 1. The third-order valence-electron chi connectivity index (χ3n) is 2.50. The van der Waals surface area contributed by atoms with Gasteiger partial charge in [0, 0.05) is 25.0 Å². The summed E-state index contributed by atoms with van der Waals surface area (Å²) in [6, 6.07) is 0.373. The van der Waals surface area contributed by atoms with E-state index in [9.17, 15) is 0 Å². The Hall–Kier alpha value is -1.78. The summed E-state index contributed by atoms with van der Waals surface area (Å²) in [6.07, 6.45) is 10.2. The van der Waals surface area contributed by atoms with Gasteiger partial charge in [0.2, 0.25) is 0 Å². The number of hydrogen-bond acceptors (Lipinski definition) is 3. The van der Waals surface area contributed by atoms with Crippen molar-refractivity contribution >= 4 is 0 Å². The van der Waals surface area contributed by atoms with E-state index in [0.717, 1.165) is 18.7 Å².